The molecule has 110 valence electrons. The Morgan fingerprint density at radius 3 is 2.26 bits per heavy atom. The van der Waals surface area contributed by atoms with E-state index in [1.54, 1.807) is 0 Å². The van der Waals surface area contributed by atoms with Gasteiger partial charge < -0.3 is 15.7 Å². The van der Waals surface area contributed by atoms with Crippen LogP contribution in [0.5, 0.6) is 0 Å². The Kier molecular flexibility index (Phi) is 7.05. The van der Waals surface area contributed by atoms with Crippen molar-refractivity contribution in [1.82, 2.24) is 10.6 Å². The van der Waals surface area contributed by atoms with Crippen molar-refractivity contribution < 1.29 is 27.9 Å². The van der Waals surface area contributed by atoms with Gasteiger partial charge in [0.05, 0.1) is 5.75 Å². The Morgan fingerprint density at radius 1 is 1.26 bits per heavy atom. The van der Waals surface area contributed by atoms with Gasteiger partial charge in [-0.1, -0.05) is 6.92 Å². The van der Waals surface area contributed by atoms with E-state index in [1.165, 1.54) is 0 Å². The Bertz CT molecular complexity index is 445. The van der Waals surface area contributed by atoms with E-state index in [0.29, 0.717) is 13.0 Å². The molecule has 0 aliphatic rings. The Hall–Kier alpha value is -1.64. The third-order valence-corrected chi connectivity index (χ3v) is 3.56. The molecule has 0 heterocycles. The molecule has 8 nitrogen and oxygen atoms in total. The average Bonchev–Trinajstić information content (AvgIpc) is 2.23. The third kappa shape index (κ3) is 8.14. The molecule has 0 rings (SSSR count). The second-order valence-corrected chi connectivity index (χ2v) is 6.11. The van der Waals surface area contributed by atoms with E-state index in [4.69, 9.17) is 5.11 Å². The Morgan fingerprint density at radius 2 is 1.84 bits per heavy atom. The molecule has 0 saturated carbocycles. The van der Waals surface area contributed by atoms with Crippen LogP contribution in [0.1, 0.15) is 20.3 Å². The van der Waals surface area contributed by atoms with Gasteiger partial charge in [-0.05, 0) is 6.42 Å². The first-order valence-corrected chi connectivity index (χ1v) is 7.47. The Balaban J connectivity index is 4.59. The predicted octanol–water partition coefficient (Wildman–Crippen LogP) is -1.48. The summed E-state index contributed by atoms with van der Waals surface area (Å²) in [7, 11) is -3.91. The van der Waals surface area contributed by atoms with E-state index in [-0.39, 0.29) is 0 Å². The summed E-state index contributed by atoms with van der Waals surface area (Å²) >= 11 is 0. The molecule has 0 radical (unpaired) electrons. The standard InChI is InChI=1S/C10H18N2O6S/c1-3-4-11-9(14)6-19(17,18)5-8(10(15)16)12-7(2)13/h8H,3-6H2,1-2H3,(H,11,14)(H,12,13)(H,15,16)/t8-/m0/s1. The smallest absolute Gasteiger partial charge is 0.327 e. The van der Waals surface area contributed by atoms with Crippen LogP contribution in [-0.4, -0.2) is 55.4 Å². The van der Waals surface area contributed by atoms with Crippen LogP contribution >= 0.6 is 0 Å². The third-order valence-electron chi connectivity index (χ3n) is 2.02. The zero-order chi connectivity index (χ0) is 15.1. The fourth-order valence-electron chi connectivity index (χ4n) is 1.25. The molecule has 0 fully saturated rings. The van der Waals surface area contributed by atoms with E-state index in [0.717, 1.165) is 6.92 Å². The van der Waals surface area contributed by atoms with Crippen LogP contribution in [0.2, 0.25) is 0 Å². The second-order valence-electron chi connectivity index (χ2n) is 4.00. The van der Waals surface area contributed by atoms with Crippen molar-refractivity contribution >= 4 is 27.6 Å². The van der Waals surface area contributed by atoms with E-state index in [2.05, 4.69) is 5.32 Å². The maximum absolute atomic E-state index is 11.6. The summed E-state index contributed by atoms with van der Waals surface area (Å²) in [6.07, 6.45) is 0.662. The van der Waals surface area contributed by atoms with Crippen LogP contribution in [0.15, 0.2) is 0 Å². The summed E-state index contributed by atoms with van der Waals surface area (Å²) in [5.41, 5.74) is 0. The molecule has 0 aromatic heterocycles. The highest BCUT2D eigenvalue weighted by atomic mass is 32.2. The molecule has 0 spiro atoms. The summed E-state index contributed by atoms with van der Waals surface area (Å²) in [4.78, 5) is 32.8. The van der Waals surface area contributed by atoms with E-state index >= 15 is 0 Å². The van der Waals surface area contributed by atoms with Gasteiger partial charge in [0.2, 0.25) is 11.8 Å². The fourth-order valence-corrected chi connectivity index (χ4v) is 2.60. The molecule has 0 unspecified atom stereocenters. The molecule has 2 amide bonds. The molecular weight excluding hydrogens is 276 g/mol. The largest absolute Gasteiger partial charge is 0.480 e. The summed E-state index contributed by atoms with van der Waals surface area (Å²) < 4.78 is 23.3. The van der Waals surface area contributed by atoms with Gasteiger partial charge in [0, 0.05) is 13.5 Å². The number of hydrogen-bond acceptors (Lipinski definition) is 5. The van der Waals surface area contributed by atoms with Crippen LogP contribution in [-0.2, 0) is 24.2 Å². The highest BCUT2D eigenvalue weighted by Gasteiger charge is 2.27. The van der Waals surface area contributed by atoms with Crippen LogP contribution in [0.3, 0.4) is 0 Å². The number of sulfone groups is 1. The first-order chi connectivity index (χ1) is 8.68. The molecule has 3 N–H and O–H groups in total. The van der Waals surface area contributed by atoms with Gasteiger partial charge in [-0.3, -0.25) is 9.59 Å². The van der Waals surface area contributed by atoms with Crippen molar-refractivity contribution in [2.45, 2.75) is 26.3 Å². The minimum absolute atomic E-state index is 0.350. The second kappa shape index (κ2) is 7.72. The fraction of sp³-hybridized carbons (Fsp3) is 0.700. The van der Waals surface area contributed by atoms with Gasteiger partial charge in [0.15, 0.2) is 9.84 Å². The number of carbonyl (C=O) groups excluding carboxylic acids is 2. The molecule has 0 aromatic carbocycles. The SMILES string of the molecule is CCCNC(=O)CS(=O)(=O)C[C@H](NC(C)=O)C(=O)O. The van der Waals surface area contributed by atoms with Crippen LogP contribution in [0.4, 0.5) is 0 Å². The van der Waals surface area contributed by atoms with Gasteiger partial charge in [-0.15, -0.1) is 0 Å². The number of carbonyl (C=O) groups is 3. The summed E-state index contributed by atoms with van der Waals surface area (Å²) in [5, 5.41) is 13.2. The lowest BCUT2D eigenvalue weighted by molar-refractivity contribution is -0.140. The number of nitrogens with one attached hydrogen (secondary N) is 2. The predicted molar refractivity (Wildman–Crippen MR) is 67.2 cm³/mol. The van der Waals surface area contributed by atoms with Crippen LogP contribution in [0.25, 0.3) is 0 Å². The van der Waals surface area contributed by atoms with Crippen molar-refractivity contribution in [2.24, 2.45) is 0 Å². The minimum Gasteiger partial charge on any atom is -0.480 e. The number of hydrogen-bond donors (Lipinski definition) is 3. The van der Waals surface area contributed by atoms with E-state index < -0.39 is 45.2 Å². The minimum atomic E-state index is -3.91. The molecule has 19 heavy (non-hydrogen) atoms. The van der Waals surface area contributed by atoms with Crippen molar-refractivity contribution in [3.8, 4) is 0 Å². The van der Waals surface area contributed by atoms with Crippen LogP contribution in [0, 0.1) is 0 Å². The van der Waals surface area contributed by atoms with E-state index in [9.17, 15) is 22.8 Å². The van der Waals surface area contributed by atoms with Gasteiger partial charge in [-0.2, -0.15) is 0 Å². The first-order valence-electron chi connectivity index (χ1n) is 5.65. The van der Waals surface area contributed by atoms with Crippen molar-refractivity contribution in [3.05, 3.63) is 0 Å². The van der Waals surface area contributed by atoms with E-state index in [1.807, 2.05) is 12.2 Å². The highest BCUT2D eigenvalue weighted by Crippen LogP contribution is 1.97. The number of amides is 2. The molecule has 0 aliphatic carbocycles. The normalized spacial score (nSPS) is 12.5. The van der Waals surface area contributed by atoms with Gasteiger partial charge in [0.1, 0.15) is 11.8 Å². The monoisotopic (exact) mass is 294 g/mol. The molecule has 0 saturated heterocycles. The van der Waals surface area contributed by atoms with Crippen LogP contribution < -0.4 is 10.6 Å². The lowest BCUT2D eigenvalue weighted by atomic mass is 10.3. The van der Waals surface area contributed by atoms with Gasteiger partial charge >= 0.3 is 5.97 Å². The Labute approximate surface area is 111 Å². The molecule has 1 atom stereocenters. The maximum atomic E-state index is 11.6. The highest BCUT2D eigenvalue weighted by molar-refractivity contribution is 7.92. The number of rotatable bonds is 8. The first kappa shape index (κ1) is 17.4. The van der Waals surface area contributed by atoms with Gasteiger partial charge in [0.25, 0.3) is 0 Å². The quantitative estimate of drug-likeness (QED) is 0.500. The zero-order valence-corrected chi connectivity index (χ0v) is 11.6. The topological polar surface area (TPSA) is 130 Å². The average molecular weight is 294 g/mol. The number of aliphatic carboxylic acids is 1. The summed E-state index contributed by atoms with van der Waals surface area (Å²) in [6, 6.07) is -1.55. The lowest BCUT2D eigenvalue weighted by Crippen LogP contribution is -2.46. The summed E-state index contributed by atoms with van der Waals surface area (Å²) in [6.45, 7) is 3.24. The van der Waals surface area contributed by atoms with Gasteiger partial charge in [-0.25, -0.2) is 13.2 Å². The van der Waals surface area contributed by atoms with Crippen molar-refractivity contribution in [3.63, 3.8) is 0 Å². The zero-order valence-electron chi connectivity index (χ0n) is 10.8. The lowest BCUT2D eigenvalue weighted by Gasteiger charge is -2.13. The number of carboxylic acids is 1. The number of carboxylic acid groups (broad SMARTS) is 1. The molecule has 0 bridgehead atoms. The molecule has 0 aliphatic heterocycles. The summed E-state index contributed by atoms with van der Waals surface area (Å²) in [5.74, 6) is -4.42. The maximum Gasteiger partial charge on any atom is 0.327 e. The molecule has 9 heteroatoms. The van der Waals surface area contributed by atoms with Crippen molar-refractivity contribution in [2.75, 3.05) is 18.1 Å². The van der Waals surface area contributed by atoms with Crippen molar-refractivity contribution in [1.29, 1.82) is 0 Å². The molecular formula is C10H18N2O6S. The molecule has 0 aromatic rings.